The number of rotatable bonds is 11. The molecule has 0 atom stereocenters. The molecule has 1 aliphatic heterocycles. The molecule has 1 rings (SSSR count). The first-order valence-corrected chi connectivity index (χ1v) is 10.9. The lowest BCUT2D eigenvalue weighted by atomic mass is 10.4. The number of hydrogen-bond acceptors (Lipinski definition) is 2. The average Bonchev–Trinajstić information content (AvgIpc) is 2.93. The summed E-state index contributed by atoms with van der Waals surface area (Å²) < 4.78 is 11.5. The molecule has 1 aliphatic rings. The summed E-state index contributed by atoms with van der Waals surface area (Å²) in [7, 11) is -0.845. The van der Waals surface area contributed by atoms with E-state index >= 15 is 0 Å². The molecule has 0 aromatic rings. The largest absolute Gasteiger partial charge is 0.347 e. The van der Waals surface area contributed by atoms with Crippen molar-refractivity contribution in [2.24, 2.45) is 0 Å². The molecule has 0 bridgehead atoms. The number of ether oxygens (including phenoxy) is 2. The molecule has 1 saturated heterocycles. The Balaban J connectivity index is 0.00000361. The molecular formula is C16H35BrO2P+. The summed E-state index contributed by atoms with van der Waals surface area (Å²) in [5.41, 5.74) is 0. The molecule has 0 amide bonds. The van der Waals surface area contributed by atoms with Gasteiger partial charge in [0.15, 0.2) is 6.29 Å². The van der Waals surface area contributed by atoms with Gasteiger partial charge in [-0.25, -0.2) is 0 Å². The van der Waals surface area contributed by atoms with E-state index in [9.17, 15) is 0 Å². The summed E-state index contributed by atoms with van der Waals surface area (Å²) in [5.74, 6) is 0. The van der Waals surface area contributed by atoms with Crippen molar-refractivity contribution in [3.8, 4) is 0 Å². The maximum absolute atomic E-state index is 5.75. The van der Waals surface area contributed by atoms with Crippen LogP contribution in [0.2, 0.25) is 0 Å². The fourth-order valence-electron chi connectivity index (χ4n) is 2.92. The lowest BCUT2D eigenvalue weighted by Gasteiger charge is -2.29. The Hall–Kier alpha value is 0.830. The molecule has 0 radical (unpaired) electrons. The van der Waals surface area contributed by atoms with Crippen molar-refractivity contribution in [2.45, 2.75) is 65.6 Å². The predicted octanol–water partition coefficient (Wildman–Crippen LogP) is 5.36. The van der Waals surface area contributed by atoms with E-state index in [4.69, 9.17) is 9.47 Å². The summed E-state index contributed by atoms with van der Waals surface area (Å²) in [6.45, 7) is 8.56. The van der Waals surface area contributed by atoms with Crippen LogP contribution in [0.15, 0.2) is 0 Å². The summed E-state index contributed by atoms with van der Waals surface area (Å²) in [6, 6.07) is 0. The second-order valence-electron chi connectivity index (χ2n) is 5.93. The first-order chi connectivity index (χ1) is 9.26. The average molecular weight is 370 g/mol. The predicted molar refractivity (Wildman–Crippen MR) is 97.1 cm³/mol. The van der Waals surface area contributed by atoms with Crippen LogP contribution in [0.1, 0.15) is 59.3 Å². The fourth-order valence-corrected chi connectivity index (χ4v) is 7.94. The van der Waals surface area contributed by atoms with Crippen LogP contribution in [-0.2, 0) is 9.47 Å². The minimum absolute atomic E-state index is 0. The van der Waals surface area contributed by atoms with Gasteiger partial charge in [-0.15, -0.1) is 17.0 Å². The SMILES string of the molecule is Br.CCCC[P+](CCCC)(CCCC)CC1OCCO1. The van der Waals surface area contributed by atoms with Crippen LogP contribution in [0, 0.1) is 0 Å². The van der Waals surface area contributed by atoms with Crippen LogP contribution in [0.5, 0.6) is 0 Å². The van der Waals surface area contributed by atoms with Crippen LogP contribution in [-0.4, -0.2) is 44.2 Å². The molecule has 0 spiro atoms. The van der Waals surface area contributed by atoms with E-state index in [0.717, 1.165) is 13.2 Å². The van der Waals surface area contributed by atoms with Crippen LogP contribution in [0.25, 0.3) is 0 Å². The molecule has 0 N–H and O–H groups in total. The normalized spacial score (nSPS) is 16.4. The van der Waals surface area contributed by atoms with E-state index in [1.165, 1.54) is 63.2 Å². The Labute approximate surface area is 137 Å². The van der Waals surface area contributed by atoms with Crippen LogP contribution >= 0.6 is 24.2 Å². The third-order valence-electron chi connectivity index (χ3n) is 4.19. The third-order valence-corrected chi connectivity index (χ3v) is 9.05. The Kier molecular flexibility index (Phi) is 12.9. The number of unbranched alkanes of at least 4 members (excludes halogenated alkanes) is 3. The van der Waals surface area contributed by atoms with Crippen molar-refractivity contribution < 1.29 is 9.47 Å². The number of halogens is 1. The van der Waals surface area contributed by atoms with E-state index < -0.39 is 7.26 Å². The molecular weight excluding hydrogens is 335 g/mol. The van der Waals surface area contributed by atoms with E-state index in [1.54, 1.807) is 0 Å². The summed E-state index contributed by atoms with van der Waals surface area (Å²) in [4.78, 5) is 0. The number of hydrogen-bond donors (Lipinski definition) is 0. The van der Waals surface area contributed by atoms with E-state index in [-0.39, 0.29) is 23.3 Å². The molecule has 0 saturated carbocycles. The molecule has 0 aromatic carbocycles. The first-order valence-electron chi connectivity index (χ1n) is 8.34. The first kappa shape index (κ1) is 20.8. The van der Waals surface area contributed by atoms with Gasteiger partial charge >= 0.3 is 0 Å². The van der Waals surface area contributed by atoms with Gasteiger partial charge in [0, 0.05) is 7.26 Å². The molecule has 0 aliphatic carbocycles. The molecule has 20 heavy (non-hydrogen) atoms. The highest BCUT2D eigenvalue weighted by Crippen LogP contribution is 2.61. The lowest BCUT2D eigenvalue weighted by Crippen LogP contribution is -2.22. The zero-order valence-corrected chi connectivity index (χ0v) is 16.3. The minimum atomic E-state index is -0.845. The van der Waals surface area contributed by atoms with Gasteiger partial charge in [-0.3, -0.25) is 0 Å². The fraction of sp³-hybridized carbons (Fsp3) is 1.00. The third kappa shape index (κ3) is 7.73. The Morgan fingerprint density at radius 3 is 1.55 bits per heavy atom. The monoisotopic (exact) mass is 369 g/mol. The molecule has 1 heterocycles. The van der Waals surface area contributed by atoms with Gasteiger partial charge in [0.05, 0.1) is 31.7 Å². The van der Waals surface area contributed by atoms with Gasteiger partial charge in [-0.2, -0.15) is 0 Å². The quantitative estimate of drug-likeness (QED) is 0.456. The van der Waals surface area contributed by atoms with Crippen LogP contribution in [0.3, 0.4) is 0 Å². The Bertz CT molecular complexity index is 199. The molecule has 2 nitrogen and oxygen atoms in total. The van der Waals surface area contributed by atoms with Crippen LogP contribution < -0.4 is 0 Å². The summed E-state index contributed by atoms with van der Waals surface area (Å²) in [6.07, 6.45) is 13.9. The minimum Gasteiger partial charge on any atom is -0.347 e. The smallest absolute Gasteiger partial charge is 0.191 e. The van der Waals surface area contributed by atoms with Crippen molar-refractivity contribution in [1.29, 1.82) is 0 Å². The van der Waals surface area contributed by atoms with Crippen molar-refractivity contribution in [3.05, 3.63) is 0 Å². The molecule has 0 aromatic heterocycles. The van der Waals surface area contributed by atoms with Gasteiger partial charge in [-0.05, 0) is 19.3 Å². The standard InChI is InChI=1S/C16H34O2P.BrH/c1-4-7-12-19(13-8-5-2,14-9-6-3)15-16-17-10-11-18-16;/h16H,4-15H2,1-3H3;1H/q+1;. The highest BCUT2D eigenvalue weighted by atomic mass is 79.9. The van der Waals surface area contributed by atoms with Gasteiger partial charge < -0.3 is 9.47 Å². The highest BCUT2D eigenvalue weighted by molar-refractivity contribution is 8.93. The zero-order valence-electron chi connectivity index (χ0n) is 13.7. The Morgan fingerprint density at radius 1 is 0.800 bits per heavy atom. The van der Waals surface area contributed by atoms with Gasteiger partial charge in [0.2, 0.25) is 0 Å². The van der Waals surface area contributed by atoms with Crippen molar-refractivity contribution in [1.82, 2.24) is 0 Å². The van der Waals surface area contributed by atoms with Gasteiger partial charge in [-0.1, -0.05) is 40.0 Å². The molecule has 4 heteroatoms. The summed E-state index contributed by atoms with van der Waals surface area (Å²) in [5, 5.41) is 0. The van der Waals surface area contributed by atoms with Gasteiger partial charge in [0.25, 0.3) is 0 Å². The van der Waals surface area contributed by atoms with Crippen molar-refractivity contribution in [3.63, 3.8) is 0 Å². The zero-order chi connectivity index (χ0) is 14.0. The maximum Gasteiger partial charge on any atom is 0.191 e. The summed E-state index contributed by atoms with van der Waals surface area (Å²) >= 11 is 0. The molecule has 1 fully saturated rings. The van der Waals surface area contributed by atoms with Crippen molar-refractivity contribution >= 4 is 24.2 Å². The van der Waals surface area contributed by atoms with Crippen molar-refractivity contribution in [2.75, 3.05) is 37.9 Å². The maximum atomic E-state index is 5.75. The van der Waals surface area contributed by atoms with E-state index in [0.29, 0.717) is 0 Å². The van der Waals surface area contributed by atoms with Crippen LogP contribution in [0.4, 0.5) is 0 Å². The Morgan fingerprint density at radius 2 is 1.20 bits per heavy atom. The lowest BCUT2D eigenvalue weighted by molar-refractivity contribution is -0.0227. The second kappa shape index (κ2) is 12.4. The molecule has 122 valence electrons. The molecule has 0 unspecified atom stereocenters. The second-order valence-corrected chi connectivity index (χ2v) is 10.3. The van der Waals surface area contributed by atoms with Gasteiger partial charge in [0.1, 0.15) is 6.16 Å². The van der Waals surface area contributed by atoms with E-state index in [1.807, 2.05) is 0 Å². The van der Waals surface area contributed by atoms with E-state index in [2.05, 4.69) is 20.8 Å². The highest BCUT2D eigenvalue weighted by Gasteiger charge is 2.39. The topological polar surface area (TPSA) is 18.5 Å².